The molecule has 2 nitrogen and oxygen atoms in total. The van der Waals surface area contributed by atoms with Gasteiger partial charge in [0.25, 0.3) is 0 Å². The lowest BCUT2D eigenvalue weighted by molar-refractivity contribution is -0.115. The van der Waals surface area contributed by atoms with Crippen LogP contribution in [0.4, 0.5) is 0 Å². The van der Waals surface area contributed by atoms with Crippen molar-refractivity contribution in [3.8, 4) is 11.8 Å². The molecule has 31 heavy (non-hydrogen) atoms. The first-order valence-corrected chi connectivity index (χ1v) is 12.0. The molecule has 2 fully saturated rings. The summed E-state index contributed by atoms with van der Waals surface area (Å²) < 4.78 is 0. The second-order valence-corrected chi connectivity index (χ2v) is 10.7. The molecule has 2 heteroatoms. The van der Waals surface area contributed by atoms with Crippen LogP contribution in [0.2, 0.25) is 0 Å². The molecule has 0 saturated heterocycles. The number of hydrogen-bond acceptors (Lipinski definition) is 2. The van der Waals surface area contributed by atoms with Crippen molar-refractivity contribution in [2.75, 3.05) is 0 Å². The van der Waals surface area contributed by atoms with Gasteiger partial charge in [0.15, 0.2) is 5.78 Å². The van der Waals surface area contributed by atoms with Gasteiger partial charge >= 0.3 is 0 Å². The van der Waals surface area contributed by atoms with Crippen molar-refractivity contribution < 1.29 is 9.90 Å². The molecule has 0 radical (unpaired) electrons. The monoisotopic (exact) mass is 414 g/mol. The Bertz CT molecular complexity index is 1030. The lowest BCUT2D eigenvalue weighted by Crippen LogP contribution is -2.51. The van der Waals surface area contributed by atoms with Crippen LogP contribution in [0, 0.1) is 41.4 Å². The molecule has 4 aliphatic rings. The summed E-state index contributed by atoms with van der Waals surface area (Å²) in [5, 5.41) is 11.5. The number of fused-ring (bicyclic) bond motifs is 5. The van der Waals surface area contributed by atoms with E-state index in [1.165, 1.54) is 16.7 Å². The van der Waals surface area contributed by atoms with Crippen molar-refractivity contribution in [2.45, 2.75) is 77.7 Å². The summed E-state index contributed by atoms with van der Waals surface area (Å²) in [7, 11) is 0. The molecule has 0 aromatic heterocycles. The molecule has 162 valence electrons. The lowest BCUT2D eigenvalue weighted by Gasteiger charge is -2.55. The van der Waals surface area contributed by atoms with Crippen LogP contribution in [0.15, 0.2) is 47.6 Å². The Labute approximate surface area is 186 Å². The Balaban J connectivity index is 1.60. The van der Waals surface area contributed by atoms with E-state index in [-0.39, 0.29) is 10.8 Å². The summed E-state index contributed by atoms with van der Waals surface area (Å²) in [6.45, 7) is 6.24. The van der Waals surface area contributed by atoms with E-state index >= 15 is 0 Å². The third kappa shape index (κ3) is 3.00. The highest BCUT2D eigenvalue weighted by Crippen LogP contribution is 2.66. The van der Waals surface area contributed by atoms with Gasteiger partial charge in [0.05, 0.1) is 0 Å². The van der Waals surface area contributed by atoms with Crippen LogP contribution in [0.25, 0.3) is 0 Å². The van der Waals surface area contributed by atoms with Gasteiger partial charge in [0, 0.05) is 17.3 Å². The number of rotatable bonds is 2. The molecule has 2 saturated carbocycles. The number of hydrogen-bond donors (Lipinski definition) is 1. The van der Waals surface area contributed by atoms with Crippen LogP contribution >= 0.6 is 0 Å². The van der Waals surface area contributed by atoms with Gasteiger partial charge in [-0.15, -0.1) is 5.92 Å². The maximum Gasteiger partial charge on any atom is 0.155 e. The molecule has 1 N–H and O–H groups in total. The third-order valence-electron chi connectivity index (χ3n) is 9.20. The smallest absolute Gasteiger partial charge is 0.155 e. The minimum Gasteiger partial charge on any atom is -0.377 e. The number of ketones is 1. The number of aryl methyl sites for hydroxylation is 1. The van der Waals surface area contributed by atoms with Gasteiger partial charge < -0.3 is 5.11 Å². The summed E-state index contributed by atoms with van der Waals surface area (Å²) in [5.74, 6) is 7.45. The van der Waals surface area contributed by atoms with Gasteiger partial charge in [0.1, 0.15) is 5.60 Å². The Morgan fingerprint density at radius 3 is 2.65 bits per heavy atom. The van der Waals surface area contributed by atoms with E-state index in [4.69, 9.17) is 0 Å². The highest BCUT2D eigenvalue weighted by atomic mass is 16.3. The van der Waals surface area contributed by atoms with Gasteiger partial charge in [-0.2, -0.15) is 0 Å². The van der Waals surface area contributed by atoms with Crippen molar-refractivity contribution in [2.24, 2.45) is 22.7 Å². The molecule has 0 amide bonds. The quantitative estimate of drug-likeness (QED) is 0.496. The number of benzene rings is 1. The second kappa shape index (κ2) is 7.21. The molecule has 5 rings (SSSR count). The number of carbonyl (C=O) groups excluding carboxylic acids is 1. The SMILES string of the molecule is CC#C[C@@]1(O)CCC2C3CCC4=CC(=O)CC[C@]4(Cc4ccc(C)cc4)C3=CC[C@@]21C. The first-order valence-electron chi connectivity index (χ1n) is 12.0. The highest BCUT2D eigenvalue weighted by molar-refractivity contribution is 5.92. The van der Waals surface area contributed by atoms with E-state index in [1.54, 1.807) is 5.57 Å². The fourth-order valence-electron chi connectivity index (χ4n) is 7.46. The molecule has 4 aliphatic carbocycles. The highest BCUT2D eigenvalue weighted by Gasteiger charge is 2.62. The van der Waals surface area contributed by atoms with Crippen molar-refractivity contribution in [1.29, 1.82) is 0 Å². The van der Waals surface area contributed by atoms with Crippen molar-refractivity contribution in [1.82, 2.24) is 0 Å². The van der Waals surface area contributed by atoms with Gasteiger partial charge in [-0.3, -0.25) is 4.79 Å². The molecule has 5 atom stereocenters. The largest absolute Gasteiger partial charge is 0.377 e. The van der Waals surface area contributed by atoms with Crippen molar-refractivity contribution in [3.63, 3.8) is 0 Å². The first kappa shape index (κ1) is 20.8. The van der Waals surface area contributed by atoms with E-state index < -0.39 is 5.60 Å². The molecule has 0 bridgehead atoms. The normalized spacial score (nSPS) is 38.8. The predicted octanol–water partition coefficient (Wildman–Crippen LogP) is 5.72. The third-order valence-corrected chi connectivity index (χ3v) is 9.20. The minimum atomic E-state index is -0.878. The summed E-state index contributed by atoms with van der Waals surface area (Å²) in [4.78, 5) is 12.4. The zero-order chi connectivity index (χ0) is 21.9. The zero-order valence-corrected chi connectivity index (χ0v) is 19.1. The van der Waals surface area contributed by atoms with Gasteiger partial charge in [-0.05, 0) is 82.3 Å². The average Bonchev–Trinajstić information content (AvgIpc) is 3.01. The van der Waals surface area contributed by atoms with E-state index in [2.05, 4.69) is 56.0 Å². The molecule has 2 unspecified atom stereocenters. The summed E-state index contributed by atoms with van der Waals surface area (Å²) >= 11 is 0. The molecule has 0 spiro atoms. The van der Waals surface area contributed by atoms with Crippen molar-refractivity contribution in [3.05, 3.63) is 58.7 Å². The Hall–Kier alpha value is -2.11. The maximum atomic E-state index is 12.4. The van der Waals surface area contributed by atoms with E-state index in [9.17, 15) is 9.90 Å². The van der Waals surface area contributed by atoms with Crippen LogP contribution in [-0.4, -0.2) is 16.5 Å². The van der Waals surface area contributed by atoms with Crippen LogP contribution in [-0.2, 0) is 11.2 Å². The van der Waals surface area contributed by atoms with E-state index in [0.717, 1.165) is 44.9 Å². The molecular weight excluding hydrogens is 380 g/mol. The fraction of sp³-hybridized carbons (Fsp3) is 0.552. The van der Waals surface area contributed by atoms with Gasteiger partial charge in [-0.1, -0.05) is 59.9 Å². The van der Waals surface area contributed by atoms with E-state index in [0.29, 0.717) is 24.0 Å². The average molecular weight is 415 g/mol. The first-order chi connectivity index (χ1) is 14.8. The van der Waals surface area contributed by atoms with Crippen LogP contribution in [0.5, 0.6) is 0 Å². The predicted molar refractivity (Wildman–Crippen MR) is 124 cm³/mol. The fourth-order valence-corrected chi connectivity index (χ4v) is 7.46. The standard InChI is InChI=1S/C29H34O2/c1-4-14-29(31)17-13-25-24-10-9-22-18-23(30)11-16-28(22,26(24)12-15-27(25,29)3)19-21-7-5-20(2)6-8-21/h5-8,12,18,24-25,31H,9-11,13,15-17,19H2,1-3H3/t24?,25?,27-,28+,29+/m0/s1. The van der Waals surface area contributed by atoms with Gasteiger partial charge in [0.2, 0.25) is 0 Å². The summed E-state index contributed by atoms with van der Waals surface area (Å²) in [6, 6.07) is 8.94. The molecule has 0 heterocycles. The Kier molecular flexibility index (Phi) is 4.83. The maximum absolute atomic E-state index is 12.4. The second-order valence-electron chi connectivity index (χ2n) is 10.7. The molecule has 0 aliphatic heterocycles. The number of allylic oxidation sites excluding steroid dienone is 4. The molecule has 1 aromatic carbocycles. The van der Waals surface area contributed by atoms with Crippen LogP contribution < -0.4 is 0 Å². The lowest BCUT2D eigenvalue weighted by atomic mass is 9.49. The van der Waals surface area contributed by atoms with Gasteiger partial charge in [-0.25, -0.2) is 0 Å². The molecular formula is C29H34O2. The topological polar surface area (TPSA) is 37.3 Å². The van der Waals surface area contributed by atoms with E-state index in [1.807, 2.05) is 13.0 Å². The summed E-state index contributed by atoms with van der Waals surface area (Å²) in [5.41, 5.74) is 4.49. The summed E-state index contributed by atoms with van der Waals surface area (Å²) in [6.07, 6.45) is 11.8. The van der Waals surface area contributed by atoms with Crippen molar-refractivity contribution >= 4 is 5.78 Å². The van der Waals surface area contributed by atoms with Crippen LogP contribution in [0.3, 0.4) is 0 Å². The zero-order valence-electron chi connectivity index (χ0n) is 19.1. The number of aliphatic hydroxyl groups is 1. The number of carbonyl (C=O) groups is 1. The Morgan fingerprint density at radius 1 is 1.13 bits per heavy atom. The van der Waals surface area contributed by atoms with Crippen LogP contribution in [0.1, 0.15) is 69.9 Å². The minimum absolute atomic E-state index is 0.0233. The molecule has 1 aromatic rings. The Morgan fingerprint density at radius 2 is 1.90 bits per heavy atom.